The van der Waals surface area contributed by atoms with E-state index in [1.807, 2.05) is 0 Å². The molecule has 0 heterocycles. The highest BCUT2D eigenvalue weighted by atomic mass is 15.2. The van der Waals surface area contributed by atoms with E-state index in [-0.39, 0.29) is 0 Å². The molecule has 2 heteroatoms. The molecule has 1 fully saturated rings. The SMILES string of the molecule is CCC(C)CC(NN)C1(C)CCCCC1. The fourth-order valence-electron chi connectivity index (χ4n) is 2.83. The van der Waals surface area contributed by atoms with Gasteiger partial charge in [0, 0.05) is 6.04 Å². The van der Waals surface area contributed by atoms with Gasteiger partial charge in [0.15, 0.2) is 0 Å². The number of rotatable bonds is 5. The molecule has 0 radical (unpaired) electrons. The van der Waals surface area contributed by atoms with Crippen LogP contribution in [0.25, 0.3) is 0 Å². The summed E-state index contributed by atoms with van der Waals surface area (Å²) in [6.07, 6.45) is 9.36. The van der Waals surface area contributed by atoms with E-state index in [1.54, 1.807) is 0 Å². The van der Waals surface area contributed by atoms with Crippen LogP contribution in [-0.4, -0.2) is 6.04 Å². The quantitative estimate of drug-likeness (QED) is 0.542. The first-order chi connectivity index (χ1) is 7.12. The highest BCUT2D eigenvalue weighted by Gasteiger charge is 2.35. The summed E-state index contributed by atoms with van der Waals surface area (Å²) in [7, 11) is 0. The summed E-state index contributed by atoms with van der Waals surface area (Å²) in [6, 6.07) is 0.507. The Morgan fingerprint density at radius 1 is 1.27 bits per heavy atom. The van der Waals surface area contributed by atoms with E-state index in [9.17, 15) is 0 Å². The highest BCUT2D eigenvalue weighted by molar-refractivity contribution is 4.89. The van der Waals surface area contributed by atoms with Crippen LogP contribution in [0.5, 0.6) is 0 Å². The Kier molecular flexibility index (Phi) is 5.07. The first kappa shape index (κ1) is 13.0. The number of nitrogens with two attached hydrogens (primary N) is 1. The predicted molar refractivity (Wildman–Crippen MR) is 66.4 cm³/mol. The first-order valence-electron chi connectivity index (χ1n) is 6.58. The second kappa shape index (κ2) is 5.86. The molecule has 2 nitrogen and oxygen atoms in total. The van der Waals surface area contributed by atoms with Crippen LogP contribution in [0.2, 0.25) is 0 Å². The van der Waals surface area contributed by atoms with Crippen LogP contribution in [0.4, 0.5) is 0 Å². The Morgan fingerprint density at radius 2 is 1.87 bits per heavy atom. The molecule has 0 aliphatic heterocycles. The fourth-order valence-corrected chi connectivity index (χ4v) is 2.83. The minimum absolute atomic E-state index is 0.441. The second-order valence-corrected chi connectivity index (χ2v) is 5.68. The molecular weight excluding hydrogens is 184 g/mol. The van der Waals surface area contributed by atoms with E-state index >= 15 is 0 Å². The first-order valence-corrected chi connectivity index (χ1v) is 6.58. The average molecular weight is 212 g/mol. The number of hydrogen-bond donors (Lipinski definition) is 2. The second-order valence-electron chi connectivity index (χ2n) is 5.68. The van der Waals surface area contributed by atoms with E-state index in [0.29, 0.717) is 11.5 Å². The summed E-state index contributed by atoms with van der Waals surface area (Å²) in [4.78, 5) is 0. The van der Waals surface area contributed by atoms with E-state index in [0.717, 1.165) is 5.92 Å². The van der Waals surface area contributed by atoms with Gasteiger partial charge in [0.05, 0.1) is 0 Å². The topological polar surface area (TPSA) is 38.0 Å². The van der Waals surface area contributed by atoms with Crippen molar-refractivity contribution in [3.63, 3.8) is 0 Å². The molecule has 1 aliphatic rings. The van der Waals surface area contributed by atoms with Crippen LogP contribution < -0.4 is 11.3 Å². The van der Waals surface area contributed by atoms with Crippen molar-refractivity contribution in [2.75, 3.05) is 0 Å². The maximum absolute atomic E-state index is 5.74. The van der Waals surface area contributed by atoms with E-state index in [2.05, 4.69) is 26.2 Å². The van der Waals surface area contributed by atoms with Gasteiger partial charge in [-0.3, -0.25) is 11.3 Å². The lowest BCUT2D eigenvalue weighted by Gasteiger charge is -2.41. The van der Waals surface area contributed by atoms with Crippen molar-refractivity contribution >= 4 is 0 Å². The predicted octanol–water partition coefficient (Wildman–Crippen LogP) is 3.22. The molecule has 1 aliphatic carbocycles. The van der Waals surface area contributed by atoms with E-state index in [1.165, 1.54) is 44.9 Å². The van der Waals surface area contributed by atoms with Crippen molar-refractivity contribution in [3.8, 4) is 0 Å². The fraction of sp³-hybridized carbons (Fsp3) is 1.00. The van der Waals surface area contributed by atoms with E-state index in [4.69, 9.17) is 5.84 Å². The molecule has 3 N–H and O–H groups in total. The van der Waals surface area contributed by atoms with Crippen LogP contribution in [0, 0.1) is 11.3 Å². The normalized spacial score (nSPS) is 24.8. The van der Waals surface area contributed by atoms with Gasteiger partial charge in [0.1, 0.15) is 0 Å². The zero-order chi connectivity index (χ0) is 11.3. The third-order valence-electron chi connectivity index (χ3n) is 4.37. The summed E-state index contributed by atoms with van der Waals surface area (Å²) >= 11 is 0. The molecule has 0 saturated heterocycles. The Bertz CT molecular complexity index is 173. The van der Waals surface area contributed by atoms with Gasteiger partial charge in [-0.15, -0.1) is 0 Å². The summed E-state index contributed by atoms with van der Waals surface area (Å²) in [6.45, 7) is 7.01. The van der Waals surface area contributed by atoms with Gasteiger partial charge in [-0.25, -0.2) is 0 Å². The van der Waals surface area contributed by atoms with Gasteiger partial charge in [-0.1, -0.05) is 46.5 Å². The van der Waals surface area contributed by atoms with E-state index < -0.39 is 0 Å². The van der Waals surface area contributed by atoms with Gasteiger partial charge >= 0.3 is 0 Å². The Labute approximate surface area is 95.0 Å². The molecule has 1 rings (SSSR count). The molecule has 0 aromatic carbocycles. The lowest BCUT2D eigenvalue weighted by atomic mass is 9.68. The zero-order valence-corrected chi connectivity index (χ0v) is 10.7. The van der Waals surface area contributed by atoms with Crippen LogP contribution >= 0.6 is 0 Å². The van der Waals surface area contributed by atoms with Crippen molar-refractivity contribution in [2.45, 2.75) is 71.8 Å². The lowest BCUT2D eigenvalue weighted by Crippen LogP contribution is -2.48. The maximum atomic E-state index is 5.74. The number of hydrazine groups is 1. The lowest BCUT2D eigenvalue weighted by molar-refractivity contribution is 0.126. The average Bonchev–Trinajstić information content (AvgIpc) is 2.26. The molecule has 1 saturated carbocycles. The molecule has 0 amide bonds. The monoisotopic (exact) mass is 212 g/mol. The van der Waals surface area contributed by atoms with Crippen LogP contribution in [-0.2, 0) is 0 Å². The summed E-state index contributed by atoms with van der Waals surface area (Å²) < 4.78 is 0. The maximum Gasteiger partial charge on any atom is 0.0266 e. The number of hydrogen-bond acceptors (Lipinski definition) is 2. The van der Waals surface area contributed by atoms with Crippen molar-refractivity contribution < 1.29 is 0 Å². The van der Waals surface area contributed by atoms with Gasteiger partial charge in [0.2, 0.25) is 0 Å². The van der Waals surface area contributed by atoms with Crippen LogP contribution in [0.3, 0.4) is 0 Å². The third-order valence-corrected chi connectivity index (χ3v) is 4.37. The van der Waals surface area contributed by atoms with Crippen molar-refractivity contribution in [1.29, 1.82) is 0 Å². The number of nitrogens with one attached hydrogen (secondary N) is 1. The Balaban J connectivity index is 2.54. The van der Waals surface area contributed by atoms with Crippen LogP contribution in [0.15, 0.2) is 0 Å². The van der Waals surface area contributed by atoms with Crippen molar-refractivity contribution in [2.24, 2.45) is 17.2 Å². The zero-order valence-electron chi connectivity index (χ0n) is 10.7. The summed E-state index contributed by atoms with van der Waals surface area (Å²) in [5.41, 5.74) is 3.52. The Morgan fingerprint density at radius 3 is 2.33 bits per heavy atom. The molecule has 2 atom stereocenters. The summed E-state index contributed by atoms with van der Waals surface area (Å²) in [5, 5.41) is 0. The molecule has 15 heavy (non-hydrogen) atoms. The third kappa shape index (κ3) is 3.46. The minimum atomic E-state index is 0.441. The van der Waals surface area contributed by atoms with Gasteiger partial charge in [0.25, 0.3) is 0 Å². The van der Waals surface area contributed by atoms with Crippen molar-refractivity contribution in [3.05, 3.63) is 0 Å². The van der Waals surface area contributed by atoms with Crippen molar-refractivity contribution in [1.82, 2.24) is 5.43 Å². The molecule has 0 bridgehead atoms. The molecule has 0 spiro atoms. The minimum Gasteiger partial charge on any atom is -0.271 e. The largest absolute Gasteiger partial charge is 0.271 e. The van der Waals surface area contributed by atoms with Gasteiger partial charge in [-0.2, -0.15) is 0 Å². The van der Waals surface area contributed by atoms with Gasteiger partial charge in [-0.05, 0) is 30.6 Å². The molecule has 0 aromatic heterocycles. The van der Waals surface area contributed by atoms with Gasteiger partial charge < -0.3 is 0 Å². The Hall–Kier alpha value is -0.0800. The molecular formula is C13H28N2. The summed E-state index contributed by atoms with van der Waals surface area (Å²) in [5.74, 6) is 6.52. The molecule has 90 valence electrons. The standard InChI is InChI=1S/C13H28N2/c1-4-11(2)10-12(15-14)13(3)8-6-5-7-9-13/h11-12,15H,4-10,14H2,1-3H3. The molecule has 2 unspecified atom stereocenters. The highest BCUT2D eigenvalue weighted by Crippen LogP contribution is 2.40. The van der Waals surface area contributed by atoms with Crippen LogP contribution in [0.1, 0.15) is 65.7 Å². The molecule has 0 aromatic rings. The smallest absolute Gasteiger partial charge is 0.0266 e.